The summed E-state index contributed by atoms with van der Waals surface area (Å²) in [6.45, 7) is 6.84. The normalized spacial score (nSPS) is 17.9. The van der Waals surface area contributed by atoms with Gasteiger partial charge in [0, 0.05) is 36.6 Å². The summed E-state index contributed by atoms with van der Waals surface area (Å²) in [6, 6.07) is 7.74. The third kappa shape index (κ3) is 3.55. The van der Waals surface area contributed by atoms with E-state index in [9.17, 15) is 4.79 Å². The summed E-state index contributed by atoms with van der Waals surface area (Å²) in [5.74, 6) is 0.185. The summed E-state index contributed by atoms with van der Waals surface area (Å²) in [5, 5.41) is 7.80. The van der Waals surface area contributed by atoms with Crippen LogP contribution >= 0.6 is 0 Å². The molecule has 0 amide bonds. The molecule has 4 heterocycles. The Bertz CT molecular complexity index is 916. The highest BCUT2D eigenvalue weighted by atomic mass is 16.1. The molecule has 1 saturated heterocycles. The molecule has 7 heteroatoms. The van der Waals surface area contributed by atoms with Crippen LogP contribution in [0.1, 0.15) is 40.3 Å². The second-order valence-corrected chi connectivity index (χ2v) is 7.20. The molecular weight excluding hydrogens is 340 g/mol. The van der Waals surface area contributed by atoms with Crippen LogP contribution in [0.3, 0.4) is 0 Å². The molecule has 3 aromatic heterocycles. The minimum Gasteiger partial charge on any atom is -0.298 e. The molecule has 1 fully saturated rings. The number of pyridine rings is 1. The van der Waals surface area contributed by atoms with E-state index in [2.05, 4.69) is 44.7 Å². The molecule has 0 spiro atoms. The van der Waals surface area contributed by atoms with Crippen LogP contribution in [0.15, 0.2) is 43.1 Å². The smallest absolute Gasteiger partial charge is 0.185 e. The average Bonchev–Trinajstić information content (AvgIpc) is 3.30. The third-order valence-electron chi connectivity index (χ3n) is 5.32. The van der Waals surface area contributed by atoms with Crippen molar-refractivity contribution in [3.63, 3.8) is 0 Å². The number of hydrogen-bond donors (Lipinski definition) is 0. The predicted molar refractivity (Wildman–Crippen MR) is 101 cm³/mol. The lowest BCUT2D eigenvalue weighted by Gasteiger charge is -2.31. The van der Waals surface area contributed by atoms with E-state index in [0.29, 0.717) is 5.69 Å². The lowest BCUT2D eigenvalue weighted by atomic mass is 9.91. The zero-order chi connectivity index (χ0) is 18.8. The van der Waals surface area contributed by atoms with Gasteiger partial charge >= 0.3 is 0 Å². The van der Waals surface area contributed by atoms with Crippen molar-refractivity contribution in [2.75, 3.05) is 13.1 Å². The number of ketones is 1. The summed E-state index contributed by atoms with van der Waals surface area (Å²) < 4.78 is 3.99. The van der Waals surface area contributed by atoms with Gasteiger partial charge in [-0.3, -0.25) is 19.4 Å². The Morgan fingerprint density at radius 1 is 1.22 bits per heavy atom. The van der Waals surface area contributed by atoms with Crippen molar-refractivity contribution in [3.8, 4) is 0 Å². The van der Waals surface area contributed by atoms with Gasteiger partial charge in [-0.25, -0.2) is 4.68 Å². The monoisotopic (exact) mass is 364 g/mol. The maximum Gasteiger partial charge on any atom is 0.185 e. The molecule has 1 aliphatic rings. The van der Waals surface area contributed by atoms with Crippen LogP contribution < -0.4 is 0 Å². The van der Waals surface area contributed by atoms with Gasteiger partial charge in [-0.15, -0.1) is 10.2 Å². The number of rotatable bonds is 5. The van der Waals surface area contributed by atoms with E-state index in [0.717, 1.165) is 38.2 Å². The van der Waals surface area contributed by atoms with Gasteiger partial charge in [0.15, 0.2) is 5.78 Å². The molecule has 140 valence electrons. The fourth-order valence-corrected chi connectivity index (χ4v) is 4.00. The standard InChI is InChI=1S/C20H24N6O/c1-15-10-18(16(2)26(15)25-13-22-23-14-25)12-24-9-5-6-17(11-24)20(27)19-7-3-4-8-21-19/h3-4,7-8,10,13-14,17H,5-6,9,11-12H2,1-2H3. The number of Topliss-reactive ketones (excluding diaryl/α,β-unsaturated/α-hetero) is 1. The van der Waals surface area contributed by atoms with Crippen LogP contribution in [0.2, 0.25) is 0 Å². The molecule has 3 aromatic rings. The van der Waals surface area contributed by atoms with Crippen LogP contribution in [0, 0.1) is 19.8 Å². The molecule has 0 aliphatic carbocycles. The first-order valence-electron chi connectivity index (χ1n) is 9.34. The summed E-state index contributed by atoms with van der Waals surface area (Å²) in [5.41, 5.74) is 4.16. The molecule has 1 atom stereocenters. The highest BCUT2D eigenvalue weighted by Crippen LogP contribution is 2.24. The van der Waals surface area contributed by atoms with E-state index in [4.69, 9.17) is 0 Å². The minimum absolute atomic E-state index is 0.0231. The van der Waals surface area contributed by atoms with Crippen LogP contribution in [-0.4, -0.2) is 48.3 Å². The van der Waals surface area contributed by atoms with Crippen LogP contribution in [0.5, 0.6) is 0 Å². The summed E-state index contributed by atoms with van der Waals surface area (Å²) in [7, 11) is 0. The number of hydrogen-bond acceptors (Lipinski definition) is 5. The molecule has 0 N–H and O–H groups in total. The van der Waals surface area contributed by atoms with Crippen LogP contribution in [-0.2, 0) is 6.54 Å². The Morgan fingerprint density at radius 3 is 2.78 bits per heavy atom. The van der Waals surface area contributed by atoms with Gasteiger partial charge in [-0.1, -0.05) is 6.07 Å². The van der Waals surface area contributed by atoms with E-state index in [1.54, 1.807) is 18.9 Å². The summed E-state index contributed by atoms with van der Waals surface area (Å²) in [4.78, 5) is 19.4. The number of aryl methyl sites for hydroxylation is 1. The van der Waals surface area contributed by atoms with Crippen molar-refractivity contribution in [2.24, 2.45) is 5.92 Å². The molecule has 0 bridgehead atoms. The molecule has 7 nitrogen and oxygen atoms in total. The SMILES string of the molecule is Cc1cc(CN2CCCC(C(=O)c3ccccn3)C2)c(C)n1-n1cnnc1. The second-order valence-electron chi connectivity index (χ2n) is 7.20. The van der Waals surface area contributed by atoms with Gasteiger partial charge in [0.1, 0.15) is 18.3 Å². The van der Waals surface area contributed by atoms with Crippen molar-refractivity contribution in [1.29, 1.82) is 0 Å². The largest absolute Gasteiger partial charge is 0.298 e. The highest BCUT2D eigenvalue weighted by molar-refractivity contribution is 5.96. The van der Waals surface area contributed by atoms with Gasteiger partial charge in [0.25, 0.3) is 0 Å². The summed E-state index contributed by atoms with van der Waals surface area (Å²) >= 11 is 0. The fraction of sp³-hybridized carbons (Fsp3) is 0.400. The van der Waals surface area contributed by atoms with Gasteiger partial charge in [-0.2, -0.15) is 0 Å². The maximum absolute atomic E-state index is 12.8. The number of carbonyl (C=O) groups is 1. The predicted octanol–water partition coefficient (Wildman–Crippen LogP) is 2.50. The number of carbonyl (C=O) groups excluding carboxylic acids is 1. The van der Waals surface area contributed by atoms with Gasteiger partial charge in [-0.05, 0) is 57.0 Å². The van der Waals surface area contributed by atoms with Crippen molar-refractivity contribution >= 4 is 5.78 Å². The summed E-state index contributed by atoms with van der Waals surface area (Å²) in [6.07, 6.45) is 7.06. The van der Waals surface area contributed by atoms with Gasteiger partial charge < -0.3 is 0 Å². The van der Waals surface area contributed by atoms with Crippen molar-refractivity contribution in [1.82, 2.24) is 29.4 Å². The molecule has 1 aliphatic heterocycles. The lowest BCUT2D eigenvalue weighted by molar-refractivity contribution is 0.0806. The Morgan fingerprint density at radius 2 is 2.04 bits per heavy atom. The zero-order valence-corrected chi connectivity index (χ0v) is 15.7. The van der Waals surface area contributed by atoms with E-state index >= 15 is 0 Å². The minimum atomic E-state index is 0.0231. The molecule has 0 saturated carbocycles. The first-order valence-corrected chi connectivity index (χ1v) is 9.34. The van der Waals surface area contributed by atoms with Gasteiger partial charge in [0.05, 0.1) is 0 Å². The Hall–Kier alpha value is -2.80. The Balaban J connectivity index is 1.49. The maximum atomic E-state index is 12.8. The number of piperidine rings is 1. The topological polar surface area (TPSA) is 68.8 Å². The fourth-order valence-electron chi connectivity index (χ4n) is 4.00. The van der Waals surface area contributed by atoms with E-state index < -0.39 is 0 Å². The number of nitrogens with zero attached hydrogens (tertiary/aromatic N) is 6. The van der Waals surface area contributed by atoms with Crippen molar-refractivity contribution in [3.05, 3.63) is 65.8 Å². The lowest BCUT2D eigenvalue weighted by Crippen LogP contribution is -2.38. The number of aromatic nitrogens is 5. The molecule has 0 radical (unpaired) electrons. The van der Waals surface area contributed by atoms with E-state index in [1.807, 2.05) is 22.9 Å². The van der Waals surface area contributed by atoms with Crippen molar-refractivity contribution in [2.45, 2.75) is 33.2 Å². The first kappa shape index (κ1) is 17.6. The Labute approximate surface area is 158 Å². The van der Waals surface area contributed by atoms with Gasteiger partial charge in [0.2, 0.25) is 0 Å². The zero-order valence-electron chi connectivity index (χ0n) is 15.7. The first-order chi connectivity index (χ1) is 13.1. The van der Waals surface area contributed by atoms with Crippen LogP contribution in [0.4, 0.5) is 0 Å². The van der Waals surface area contributed by atoms with E-state index in [-0.39, 0.29) is 11.7 Å². The quantitative estimate of drug-likeness (QED) is 0.651. The molecular formula is C20H24N6O. The Kier molecular flexibility index (Phi) is 4.85. The molecule has 1 unspecified atom stereocenters. The third-order valence-corrected chi connectivity index (χ3v) is 5.32. The molecule has 0 aromatic carbocycles. The highest BCUT2D eigenvalue weighted by Gasteiger charge is 2.27. The molecule has 4 rings (SSSR count). The van der Waals surface area contributed by atoms with Crippen LogP contribution in [0.25, 0.3) is 0 Å². The van der Waals surface area contributed by atoms with E-state index in [1.165, 1.54) is 11.3 Å². The average molecular weight is 364 g/mol. The van der Waals surface area contributed by atoms with Crippen molar-refractivity contribution < 1.29 is 4.79 Å². The molecule has 27 heavy (non-hydrogen) atoms. The second kappa shape index (κ2) is 7.44. The number of likely N-dealkylation sites (tertiary alicyclic amines) is 1.